The zero-order valence-electron chi connectivity index (χ0n) is 13.8. The maximum absolute atomic E-state index is 13.5. The van der Waals surface area contributed by atoms with Gasteiger partial charge in [-0.15, -0.1) is 0 Å². The van der Waals surface area contributed by atoms with E-state index in [1.165, 1.54) is 23.9 Å². The molecule has 0 bridgehead atoms. The Morgan fingerprint density at radius 3 is 2.46 bits per heavy atom. The summed E-state index contributed by atoms with van der Waals surface area (Å²) in [6.07, 6.45) is 0. The largest absolute Gasteiger partial charge is 0.287 e. The fourth-order valence-electron chi connectivity index (χ4n) is 3.74. The van der Waals surface area contributed by atoms with Crippen LogP contribution in [-0.2, 0) is 4.79 Å². The van der Waals surface area contributed by atoms with E-state index in [1.54, 1.807) is 23.1 Å². The summed E-state index contributed by atoms with van der Waals surface area (Å²) in [6.45, 7) is 1.83. The van der Waals surface area contributed by atoms with Gasteiger partial charge in [-0.2, -0.15) is 0 Å². The zero-order valence-corrected chi connectivity index (χ0v) is 14.6. The van der Waals surface area contributed by atoms with Crippen LogP contribution in [0.5, 0.6) is 0 Å². The van der Waals surface area contributed by atoms with Crippen LogP contribution >= 0.6 is 11.8 Å². The van der Waals surface area contributed by atoms with Crippen molar-refractivity contribution >= 4 is 34.2 Å². The molecule has 0 spiro atoms. The second kappa shape index (κ2) is 5.38. The number of amides is 1. The molecule has 2 heterocycles. The van der Waals surface area contributed by atoms with E-state index in [0.717, 1.165) is 16.7 Å². The lowest BCUT2D eigenvalue weighted by Crippen LogP contribution is -2.38. The predicted molar refractivity (Wildman–Crippen MR) is 98.2 cm³/mol. The van der Waals surface area contributed by atoms with Crippen molar-refractivity contribution in [1.29, 1.82) is 0 Å². The minimum absolute atomic E-state index is 0.0496. The van der Waals surface area contributed by atoms with E-state index >= 15 is 0 Å². The number of nitrogens with zero attached hydrogens (tertiary/aromatic N) is 2. The van der Waals surface area contributed by atoms with E-state index in [0.29, 0.717) is 16.4 Å². The van der Waals surface area contributed by atoms with Gasteiger partial charge in [0, 0.05) is 11.1 Å². The third kappa shape index (κ3) is 1.99. The second-order valence-corrected chi connectivity index (χ2v) is 7.76. The van der Waals surface area contributed by atoms with Gasteiger partial charge in [0.05, 0.1) is 11.3 Å². The number of carbonyl (C=O) groups is 2. The molecule has 128 valence electrons. The number of allylic oxidation sites excluding steroid dienone is 1. The van der Waals surface area contributed by atoms with E-state index in [1.807, 2.05) is 25.1 Å². The molecule has 0 N–H and O–H groups in total. The molecular weight excluding hydrogens is 351 g/mol. The SMILES string of the molecule is C[C@H]1SC2=NC3=C(c4ccccc4C3=O)[C@@H](c3ccc(F)cc3)N2C1=O. The Hall–Kier alpha value is -2.73. The first-order chi connectivity index (χ1) is 12.6. The number of carbonyl (C=O) groups excluding carboxylic acids is 2. The molecule has 2 aliphatic heterocycles. The van der Waals surface area contributed by atoms with Crippen molar-refractivity contribution in [1.82, 2.24) is 4.90 Å². The van der Waals surface area contributed by atoms with Crippen molar-refractivity contribution < 1.29 is 14.0 Å². The van der Waals surface area contributed by atoms with Crippen LogP contribution in [0.3, 0.4) is 0 Å². The van der Waals surface area contributed by atoms with Gasteiger partial charge < -0.3 is 0 Å². The molecule has 2 aromatic rings. The van der Waals surface area contributed by atoms with E-state index in [9.17, 15) is 14.0 Å². The molecule has 26 heavy (non-hydrogen) atoms. The van der Waals surface area contributed by atoms with E-state index < -0.39 is 6.04 Å². The quantitative estimate of drug-likeness (QED) is 0.773. The maximum Gasteiger partial charge on any atom is 0.242 e. The molecule has 0 radical (unpaired) electrons. The molecule has 5 rings (SSSR count). The summed E-state index contributed by atoms with van der Waals surface area (Å²) >= 11 is 1.35. The lowest BCUT2D eigenvalue weighted by Gasteiger charge is -2.32. The van der Waals surface area contributed by atoms with Crippen LogP contribution in [0.2, 0.25) is 0 Å². The summed E-state index contributed by atoms with van der Waals surface area (Å²) in [5.74, 6) is -0.514. The molecular formula is C20H13FN2O2S. The Morgan fingerprint density at radius 1 is 1.04 bits per heavy atom. The topological polar surface area (TPSA) is 49.7 Å². The summed E-state index contributed by atoms with van der Waals surface area (Å²) in [5.41, 5.74) is 3.27. The molecule has 1 fully saturated rings. The fraction of sp³-hybridized carbons (Fsp3) is 0.150. The highest BCUT2D eigenvalue weighted by Crippen LogP contribution is 2.50. The van der Waals surface area contributed by atoms with Crippen molar-refractivity contribution in [2.75, 3.05) is 0 Å². The lowest BCUT2D eigenvalue weighted by atomic mass is 9.91. The van der Waals surface area contributed by atoms with Crippen LogP contribution in [0.15, 0.2) is 59.2 Å². The molecule has 1 aliphatic carbocycles. The molecule has 1 amide bonds. The summed E-state index contributed by atoms with van der Waals surface area (Å²) in [5, 5.41) is 0.277. The van der Waals surface area contributed by atoms with E-state index in [4.69, 9.17) is 0 Å². The Kier molecular flexibility index (Phi) is 3.21. The third-order valence-corrected chi connectivity index (χ3v) is 5.98. The minimum atomic E-state index is -0.476. The van der Waals surface area contributed by atoms with Gasteiger partial charge in [0.2, 0.25) is 11.7 Å². The number of fused-ring (bicyclic) bond motifs is 3. The summed E-state index contributed by atoms with van der Waals surface area (Å²) in [4.78, 5) is 31.9. The van der Waals surface area contributed by atoms with Crippen LogP contribution in [0.4, 0.5) is 4.39 Å². The number of hydrogen-bond acceptors (Lipinski definition) is 4. The number of Topliss-reactive ketones (excluding diaryl/α,β-unsaturated/α-hetero) is 1. The van der Waals surface area contributed by atoms with Crippen LogP contribution in [0, 0.1) is 5.82 Å². The predicted octanol–water partition coefficient (Wildman–Crippen LogP) is 3.81. The van der Waals surface area contributed by atoms with Gasteiger partial charge in [0.1, 0.15) is 11.5 Å². The number of benzene rings is 2. The van der Waals surface area contributed by atoms with Crippen LogP contribution in [0.1, 0.15) is 34.5 Å². The van der Waals surface area contributed by atoms with Gasteiger partial charge in [-0.1, -0.05) is 48.2 Å². The lowest BCUT2D eigenvalue weighted by molar-refractivity contribution is -0.126. The summed E-state index contributed by atoms with van der Waals surface area (Å²) < 4.78 is 13.5. The third-order valence-electron chi connectivity index (χ3n) is 4.93. The molecule has 0 saturated carbocycles. The first-order valence-electron chi connectivity index (χ1n) is 8.28. The van der Waals surface area contributed by atoms with Crippen LogP contribution in [-0.4, -0.2) is 27.0 Å². The molecule has 1 saturated heterocycles. The molecule has 2 aromatic carbocycles. The normalized spacial score (nSPS) is 23.8. The van der Waals surface area contributed by atoms with Crippen molar-refractivity contribution in [3.8, 4) is 0 Å². The standard InChI is InChI=1S/C20H13FN2O2S/c1-10-19(25)23-17(11-6-8-12(21)9-7-11)15-13-4-2-3-5-14(13)18(24)16(15)22-20(23)26-10/h2-10,17H,1H3/t10-,17-/m1/s1. The monoisotopic (exact) mass is 364 g/mol. The highest BCUT2D eigenvalue weighted by atomic mass is 32.2. The highest BCUT2D eigenvalue weighted by molar-refractivity contribution is 8.15. The van der Waals surface area contributed by atoms with Crippen molar-refractivity contribution in [2.45, 2.75) is 18.2 Å². The van der Waals surface area contributed by atoms with Crippen molar-refractivity contribution in [3.05, 3.63) is 76.7 Å². The zero-order chi connectivity index (χ0) is 18.0. The Bertz CT molecular complexity index is 1040. The van der Waals surface area contributed by atoms with Gasteiger partial charge >= 0.3 is 0 Å². The van der Waals surface area contributed by atoms with E-state index in [2.05, 4.69) is 4.99 Å². The van der Waals surface area contributed by atoms with Gasteiger partial charge in [0.15, 0.2) is 5.17 Å². The van der Waals surface area contributed by atoms with Crippen molar-refractivity contribution in [2.24, 2.45) is 4.99 Å². The number of aliphatic imine (C=N–C) groups is 1. The van der Waals surface area contributed by atoms with Gasteiger partial charge in [-0.25, -0.2) is 9.38 Å². The Morgan fingerprint density at radius 2 is 1.73 bits per heavy atom. The molecule has 3 aliphatic rings. The van der Waals surface area contributed by atoms with Crippen LogP contribution in [0.25, 0.3) is 5.57 Å². The second-order valence-electron chi connectivity index (χ2n) is 6.45. The van der Waals surface area contributed by atoms with E-state index in [-0.39, 0.29) is 22.8 Å². The molecule has 2 atom stereocenters. The average Bonchev–Trinajstić information content (AvgIpc) is 3.09. The highest BCUT2D eigenvalue weighted by Gasteiger charge is 2.48. The molecule has 6 heteroatoms. The van der Waals surface area contributed by atoms with Gasteiger partial charge in [-0.05, 0) is 30.2 Å². The summed E-state index contributed by atoms with van der Waals surface area (Å²) in [6, 6.07) is 13.0. The number of rotatable bonds is 1. The van der Waals surface area contributed by atoms with Crippen molar-refractivity contribution in [3.63, 3.8) is 0 Å². The Balaban J connectivity index is 1.77. The Labute approximate surface area is 153 Å². The number of amidine groups is 1. The fourth-order valence-corrected chi connectivity index (χ4v) is 4.72. The average molecular weight is 364 g/mol. The summed E-state index contributed by atoms with van der Waals surface area (Å²) in [7, 11) is 0. The number of ketones is 1. The molecule has 4 nitrogen and oxygen atoms in total. The molecule has 0 aromatic heterocycles. The number of halogens is 1. The smallest absolute Gasteiger partial charge is 0.242 e. The van der Waals surface area contributed by atoms with Gasteiger partial charge in [0.25, 0.3) is 0 Å². The first kappa shape index (κ1) is 15.5. The first-order valence-corrected chi connectivity index (χ1v) is 9.16. The van der Waals surface area contributed by atoms with Crippen LogP contribution < -0.4 is 0 Å². The minimum Gasteiger partial charge on any atom is -0.287 e. The van der Waals surface area contributed by atoms with Gasteiger partial charge in [-0.3, -0.25) is 14.5 Å². The number of thioether (sulfide) groups is 1. The maximum atomic E-state index is 13.5. The molecule has 0 unspecified atom stereocenters. The number of hydrogen-bond donors (Lipinski definition) is 0.